The number of rotatable bonds is 3. The molecule has 20 heavy (non-hydrogen) atoms. The van der Waals surface area contributed by atoms with E-state index in [2.05, 4.69) is 18.0 Å². The average molecular weight is 275 g/mol. The number of morpholine rings is 1. The Morgan fingerprint density at radius 2 is 1.85 bits per heavy atom. The first kappa shape index (κ1) is 13.5. The first-order valence-electron chi connectivity index (χ1n) is 6.96. The summed E-state index contributed by atoms with van der Waals surface area (Å²) in [7, 11) is 5.58. The van der Waals surface area contributed by atoms with E-state index in [0.29, 0.717) is 12.1 Å². The van der Waals surface area contributed by atoms with E-state index in [4.69, 9.17) is 14.2 Å². The van der Waals surface area contributed by atoms with Crippen LogP contribution in [-0.2, 0) is 4.74 Å². The standard InChI is InChI=1S/C16H21NO3/c1-17-12-7-11(8-13(17)10-20-9-12)16-14(18-2)5-4-6-15(16)19-3/h4-7,12-13H,8-10H2,1-3H3. The molecule has 2 heterocycles. The highest BCUT2D eigenvalue weighted by atomic mass is 16.5. The van der Waals surface area contributed by atoms with Crippen LogP contribution < -0.4 is 9.47 Å². The Bertz CT molecular complexity index is 504. The zero-order valence-electron chi connectivity index (χ0n) is 12.3. The second-order valence-corrected chi connectivity index (χ2v) is 5.36. The van der Waals surface area contributed by atoms with Crippen molar-refractivity contribution in [3.63, 3.8) is 0 Å². The largest absolute Gasteiger partial charge is 0.496 e. The highest BCUT2D eigenvalue weighted by Gasteiger charge is 2.33. The number of ether oxygens (including phenoxy) is 3. The summed E-state index contributed by atoms with van der Waals surface area (Å²) in [5.41, 5.74) is 2.39. The maximum atomic E-state index is 5.66. The Hall–Kier alpha value is -1.52. The van der Waals surface area contributed by atoms with Crippen LogP contribution in [0.15, 0.2) is 24.3 Å². The summed E-state index contributed by atoms with van der Waals surface area (Å²) in [6.45, 7) is 1.55. The highest BCUT2D eigenvalue weighted by molar-refractivity contribution is 5.77. The fraction of sp³-hybridized carbons (Fsp3) is 0.500. The van der Waals surface area contributed by atoms with Crippen LogP contribution in [0.3, 0.4) is 0 Å². The monoisotopic (exact) mass is 275 g/mol. The van der Waals surface area contributed by atoms with Gasteiger partial charge in [-0.25, -0.2) is 0 Å². The second kappa shape index (κ2) is 5.46. The number of benzene rings is 1. The fourth-order valence-electron chi connectivity index (χ4n) is 3.11. The molecule has 1 fully saturated rings. The van der Waals surface area contributed by atoms with Gasteiger partial charge in [0.05, 0.1) is 39.0 Å². The van der Waals surface area contributed by atoms with E-state index in [9.17, 15) is 0 Å². The fourth-order valence-corrected chi connectivity index (χ4v) is 3.11. The minimum absolute atomic E-state index is 0.340. The zero-order chi connectivity index (χ0) is 14.1. The van der Waals surface area contributed by atoms with Gasteiger partial charge in [-0.1, -0.05) is 12.1 Å². The van der Waals surface area contributed by atoms with Gasteiger partial charge < -0.3 is 14.2 Å². The van der Waals surface area contributed by atoms with E-state index in [1.54, 1.807) is 14.2 Å². The van der Waals surface area contributed by atoms with E-state index >= 15 is 0 Å². The third kappa shape index (κ3) is 2.19. The van der Waals surface area contributed by atoms with Gasteiger partial charge in [0.1, 0.15) is 11.5 Å². The van der Waals surface area contributed by atoms with Gasteiger partial charge in [-0.3, -0.25) is 4.90 Å². The van der Waals surface area contributed by atoms with Crippen molar-refractivity contribution < 1.29 is 14.2 Å². The predicted molar refractivity (Wildman–Crippen MR) is 78.3 cm³/mol. The molecule has 0 aromatic heterocycles. The number of hydrogen-bond donors (Lipinski definition) is 0. The highest BCUT2D eigenvalue weighted by Crippen LogP contribution is 2.40. The van der Waals surface area contributed by atoms with Crippen LogP contribution in [0.4, 0.5) is 0 Å². The molecule has 1 aromatic rings. The number of hydrogen-bond acceptors (Lipinski definition) is 4. The number of nitrogens with zero attached hydrogens (tertiary/aromatic N) is 1. The van der Waals surface area contributed by atoms with Crippen LogP contribution >= 0.6 is 0 Å². The second-order valence-electron chi connectivity index (χ2n) is 5.36. The zero-order valence-corrected chi connectivity index (χ0v) is 12.3. The van der Waals surface area contributed by atoms with Gasteiger partial charge in [-0.15, -0.1) is 0 Å². The Morgan fingerprint density at radius 1 is 1.15 bits per heavy atom. The Kier molecular flexibility index (Phi) is 3.68. The molecule has 2 aliphatic heterocycles. The minimum atomic E-state index is 0.340. The normalized spacial score (nSPS) is 26.1. The topological polar surface area (TPSA) is 30.9 Å². The molecule has 0 spiro atoms. The summed E-state index contributed by atoms with van der Waals surface area (Å²) in [4.78, 5) is 2.40. The molecule has 2 atom stereocenters. The van der Waals surface area contributed by atoms with Crippen molar-refractivity contribution in [2.24, 2.45) is 0 Å². The van der Waals surface area contributed by atoms with Crippen LogP contribution in [0.1, 0.15) is 12.0 Å². The summed E-state index contributed by atoms with van der Waals surface area (Å²) in [5.74, 6) is 1.75. The molecule has 3 rings (SSSR count). The molecular formula is C16H21NO3. The van der Waals surface area contributed by atoms with Gasteiger partial charge in [0.15, 0.2) is 0 Å². The Balaban J connectivity index is 2.05. The molecule has 1 saturated heterocycles. The Labute approximate surface area is 119 Å². The van der Waals surface area contributed by atoms with Gasteiger partial charge in [0.2, 0.25) is 0 Å². The lowest BCUT2D eigenvalue weighted by atomic mass is 9.89. The van der Waals surface area contributed by atoms with Crippen molar-refractivity contribution in [2.75, 3.05) is 34.5 Å². The minimum Gasteiger partial charge on any atom is -0.496 e. The number of fused-ring (bicyclic) bond motifs is 2. The van der Waals surface area contributed by atoms with Crippen molar-refractivity contribution >= 4 is 5.57 Å². The lowest BCUT2D eigenvalue weighted by Crippen LogP contribution is -2.51. The summed E-state index contributed by atoms with van der Waals surface area (Å²) in [5, 5.41) is 0. The first-order valence-corrected chi connectivity index (χ1v) is 6.96. The molecule has 0 aliphatic carbocycles. The van der Waals surface area contributed by atoms with Gasteiger partial charge in [-0.2, -0.15) is 0 Å². The van der Waals surface area contributed by atoms with E-state index in [1.165, 1.54) is 5.57 Å². The molecule has 1 aromatic carbocycles. The summed E-state index contributed by atoms with van der Waals surface area (Å²) in [6.07, 6.45) is 3.25. The molecule has 2 bridgehead atoms. The number of methoxy groups -OCH3 is 2. The number of likely N-dealkylation sites (N-methyl/N-ethyl adjacent to an activating group) is 1. The van der Waals surface area contributed by atoms with E-state index in [0.717, 1.165) is 36.7 Å². The molecule has 0 radical (unpaired) electrons. The molecule has 2 unspecified atom stereocenters. The van der Waals surface area contributed by atoms with E-state index in [-0.39, 0.29) is 0 Å². The first-order chi connectivity index (χ1) is 9.74. The van der Waals surface area contributed by atoms with Gasteiger partial charge in [0, 0.05) is 6.04 Å². The smallest absolute Gasteiger partial charge is 0.130 e. The average Bonchev–Trinajstić information content (AvgIpc) is 2.46. The van der Waals surface area contributed by atoms with Crippen molar-refractivity contribution in [3.05, 3.63) is 29.8 Å². The SMILES string of the molecule is COc1cccc(OC)c1C1=CC2COCC(C1)N2C. The maximum Gasteiger partial charge on any atom is 0.130 e. The van der Waals surface area contributed by atoms with Crippen LogP contribution in [0.5, 0.6) is 11.5 Å². The van der Waals surface area contributed by atoms with Gasteiger partial charge in [0.25, 0.3) is 0 Å². The van der Waals surface area contributed by atoms with Crippen molar-refractivity contribution in [2.45, 2.75) is 18.5 Å². The molecular weight excluding hydrogens is 254 g/mol. The van der Waals surface area contributed by atoms with Crippen LogP contribution in [0, 0.1) is 0 Å². The predicted octanol–water partition coefficient (Wildman–Crippen LogP) is 2.19. The van der Waals surface area contributed by atoms with Gasteiger partial charge in [-0.05, 0) is 31.2 Å². The molecule has 0 N–H and O–H groups in total. The quantitative estimate of drug-likeness (QED) is 0.846. The molecule has 4 heteroatoms. The van der Waals surface area contributed by atoms with Crippen LogP contribution in [0.25, 0.3) is 5.57 Å². The molecule has 0 saturated carbocycles. The maximum absolute atomic E-state index is 5.66. The third-order valence-corrected chi connectivity index (χ3v) is 4.30. The van der Waals surface area contributed by atoms with Crippen molar-refractivity contribution in [1.29, 1.82) is 0 Å². The summed E-state index contributed by atoms with van der Waals surface area (Å²) in [6, 6.07) is 6.71. The van der Waals surface area contributed by atoms with Crippen LogP contribution in [0.2, 0.25) is 0 Å². The van der Waals surface area contributed by atoms with Crippen molar-refractivity contribution in [1.82, 2.24) is 4.90 Å². The lowest BCUT2D eigenvalue weighted by molar-refractivity contribution is -0.0222. The lowest BCUT2D eigenvalue weighted by Gasteiger charge is -2.42. The Morgan fingerprint density at radius 3 is 2.45 bits per heavy atom. The van der Waals surface area contributed by atoms with E-state index in [1.807, 2.05) is 18.2 Å². The molecule has 0 amide bonds. The van der Waals surface area contributed by atoms with Crippen LogP contribution in [-0.4, -0.2) is 51.5 Å². The van der Waals surface area contributed by atoms with E-state index < -0.39 is 0 Å². The van der Waals surface area contributed by atoms with Gasteiger partial charge >= 0.3 is 0 Å². The molecule has 108 valence electrons. The summed E-state index contributed by atoms with van der Waals surface area (Å²) < 4.78 is 16.7. The molecule has 4 nitrogen and oxygen atoms in total. The molecule has 2 aliphatic rings. The third-order valence-electron chi connectivity index (χ3n) is 4.30. The summed E-state index contributed by atoms with van der Waals surface area (Å²) >= 11 is 0. The van der Waals surface area contributed by atoms with Crippen molar-refractivity contribution in [3.8, 4) is 11.5 Å².